The summed E-state index contributed by atoms with van der Waals surface area (Å²) >= 11 is 6.30. The van der Waals surface area contributed by atoms with E-state index in [1.807, 2.05) is 37.4 Å². The van der Waals surface area contributed by atoms with Crippen LogP contribution in [-0.2, 0) is 32.6 Å². The van der Waals surface area contributed by atoms with Gasteiger partial charge in [-0.15, -0.1) is 0 Å². The highest BCUT2D eigenvalue weighted by Crippen LogP contribution is 2.57. The highest BCUT2D eigenvalue weighted by molar-refractivity contribution is 6.30. The summed E-state index contributed by atoms with van der Waals surface area (Å²) in [6.07, 6.45) is 9.28. The maximum absolute atomic E-state index is 13.1. The number of nitrogens with one attached hydrogen (secondary N) is 2. The fourth-order valence-corrected chi connectivity index (χ4v) is 10.1. The molecule has 1 heterocycles. The maximum atomic E-state index is 13.1. The molecule has 1 saturated carbocycles. The van der Waals surface area contributed by atoms with Gasteiger partial charge in [0.15, 0.2) is 6.04 Å². The van der Waals surface area contributed by atoms with Crippen molar-refractivity contribution in [3.8, 4) is 11.5 Å². The minimum absolute atomic E-state index is 0.103. The first-order chi connectivity index (χ1) is 28.4. The molecule has 3 aromatic carbocycles. The monoisotopic (exact) mass is 821 g/mol. The summed E-state index contributed by atoms with van der Waals surface area (Å²) in [5.41, 5.74) is 4.66. The molecule has 3 aliphatic carbocycles. The van der Waals surface area contributed by atoms with E-state index < -0.39 is 23.5 Å². The van der Waals surface area contributed by atoms with Crippen LogP contribution in [0.25, 0.3) is 0 Å². The fourth-order valence-electron chi connectivity index (χ4n) is 9.93. The number of pyridine rings is 1. The van der Waals surface area contributed by atoms with Crippen LogP contribution in [0.15, 0.2) is 85.1 Å². The third-order valence-electron chi connectivity index (χ3n) is 13.0. The van der Waals surface area contributed by atoms with Crippen molar-refractivity contribution in [1.82, 2.24) is 10.3 Å². The minimum Gasteiger partial charge on any atom is -0.493 e. The standard InChI is InChI=1S/C48H56ClN3O7/c1-30(29-59-41-17-22-50-40-14-7-9-32(3)43(40)41)23-35-25-34-15-16-38(58-28-31(2)24-42(53)51-44(45(54)55)33-10-5-4-6-11-33)27-39(34)47(35)18-20-48(21-19-47,46(56)57)52-37-13-8-12-36(49)26-37/h4-6,8,10-13,15-17,22,26-27,30-32,35,44,52H,7,9,14,18-21,23-25,28-29H2,1-3H3,(H,51,53)(H,54,55)(H,56,57)/t30-,31?,32-,35?,44-,47?,48?/m1/s1. The number of carboxylic acid groups (broad SMARTS) is 2. The van der Waals surface area contributed by atoms with E-state index in [4.69, 9.17) is 21.1 Å². The number of hydrogen-bond donors (Lipinski definition) is 4. The first kappa shape index (κ1) is 42.0. The lowest BCUT2D eigenvalue weighted by Crippen LogP contribution is -2.53. The van der Waals surface area contributed by atoms with Gasteiger partial charge in [-0.2, -0.15) is 0 Å². The Hall–Kier alpha value is -5.09. The molecule has 0 aliphatic heterocycles. The van der Waals surface area contributed by atoms with Crippen molar-refractivity contribution in [2.75, 3.05) is 18.5 Å². The van der Waals surface area contributed by atoms with Gasteiger partial charge in [0.05, 0.1) is 13.2 Å². The highest BCUT2D eigenvalue weighted by atomic mass is 35.5. The second kappa shape index (κ2) is 18.0. The summed E-state index contributed by atoms with van der Waals surface area (Å²) in [6, 6.07) is 23.0. The molecule has 0 radical (unpaired) electrons. The molecule has 5 atom stereocenters. The number of carbonyl (C=O) groups excluding carboxylic acids is 1. The van der Waals surface area contributed by atoms with E-state index >= 15 is 0 Å². The normalized spacial score (nSPS) is 23.6. The number of rotatable bonds is 16. The van der Waals surface area contributed by atoms with Crippen LogP contribution in [0.5, 0.6) is 11.5 Å². The van der Waals surface area contributed by atoms with Crippen molar-refractivity contribution in [2.24, 2.45) is 17.8 Å². The molecule has 4 aromatic rings. The smallest absolute Gasteiger partial charge is 0.330 e. The van der Waals surface area contributed by atoms with Crippen LogP contribution in [0.4, 0.5) is 5.69 Å². The summed E-state index contributed by atoms with van der Waals surface area (Å²) in [7, 11) is 0. The number of amides is 1. The molecular weight excluding hydrogens is 766 g/mol. The summed E-state index contributed by atoms with van der Waals surface area (Å²) < 4.78 is 12.9. The van der Waals surface area contributed by atoms with E-state index in [1.54, 1.807) is 42.5 Å². The quantitative estimate of drug-likeness (QED) is 0.0868. The number of aryl methyl sites for hydroxylation is 1. The van der Waals surface area contributed by atoms with Crippen LogP contribution in [0.1, 0.15) is 112 Å². The number of anilines is 1. The van der Waals surface area contributed by atoms with Crippen molar-refractivity contribution < 1.29 is 34.1 Å². The van der Waals surface area contributed by atoms with Crippen LogP contribution in [0, 0.1) is 17.8 Å². The molecule has 10 nitrogen and oxygen atoms in total. The zero-order chi connectivity index (χ0) is 41.7. The number of aliphatic carboxylic acids is 2. The topological polar surface area (TPSA) is 147 Å². The van der Waals surface area contributed by atoms with Gasteiger partial charge < -0.3 is 30.3 Å². The minimum atomic E-state index is -1.14. The summed E-state index contributed by atoms with van der Waals surface area (Å²) in [4.78, 5) is 42.7. The molecule has 312 valence electrons. The number of hydrogen-bond acceptors (Lipinski definition) is 7. The third kappa shape index (κ3) is 9.38. The zero-order valence-electron chi connectivity index (χ0n) is 34.2. The van der Waals surface area contributed by atoms with E-state index in [1.165, 1.54) is 16.7 Å². The molecule has 1 spiro atoms. The second-order valence-corrected chi connectivity index (χ2v) is 17.8. The third-order valence-corrected chi connectivity index (χ3v) is 13.3. The molecule has 1 aromatic heterocycles. The summed E-state index contributed by atoms with van der Waals surface area (Å²) in [5.74, 6) is 0.0406. The van der Waals surface area contributed by atoms with E-state index in [0.29, 0.717) is 60.2 Å². The summed E-state index contributed by atoms with van der Waals surface area (Å²) in [5, 5.41) is 27.1. The van der Waals surface area contributed by atoms with E-state index in [-0.39, 0.29) is 42.1 Å². The van der Waals surface area contributed by atoms with Gasteiger partial charge in [-0.25, -0.2) is 9.59 Å². The van der Waals surface area contributed by atoms with Gasteiger partial charge in [-0.05, 0) is 140 Å². The number of nitrogens with zero attached hydrogens (tertiary/aromatic N) is 1. The van der Waals surface area contributed by atoms with Crippen molar-refractivity contribution in [3.05, 3.63) is 118 Å². The molecular formula is C48H56ClN3O7. The van der Waals surface area contributed by atoms with Crippen molar-refractivity contribution >= 4 is 35.1 Å². The van der Waals surface area contributed by atoms with Crippen LogP contribution in [0.2, 0.25) is 5.02 Å². The second-order valence-electron chi connectivity index (χ2n) is 17.4. The van der Waals surface area contributed by atoms with Crippen LogP contribution >= 0.6 is 11.6 Å². The average molecular weight is 822 g/mol. The van der Waals surface area contributed by atoms with Crippen molar-refractivity contribution in [2.45, 2.75) is 108 Å². The van der Waals surface area contributed by atoms with Crippen molar-refractivity contribution in [1.29, 1.82) is 0 Å². The van der Waals surface area contributed by atoms with E-state index in [9.17, 15) is 24.6 Å². The average Bonchev–Trinajstić information content (AvgIpc) is 3.50. The lowest BCUT2D eigenvalue weighted by atomic mass is 9.59. The number of ether oxygens (including phenoxy) is 2. The highest BCUT2D eigenvalue weighted by Gasteiger charge is 2.54. The van der Waals surface area contributed by atoms with Gasteiger partial charge in [-0.3, -0.25) is 9.78 Å². The molecule has 11 heteroatoms. The van der Waals surface area contributed by atoms with Crippen LogP contribution < -0.4 is 20.1 Å². The molecule has 3 aliphatic rings. The Morgan fingerprint density at radius 3 is 2.41 bits per heavy atom. The van der Waals surface area contributed by atoms with Gasteiger partial charge >= 0.3 is 11.9 Å². The first-order valence-electron chi connectivity index (χ1n) is 21.1. The molecule has 0 bridgehead atoms. The molecule has 59 heavy (non-hydrogen) atoms. The molecule has 1 fully saturated rings. The Balaban J connectivity index is 1.07. The lowest BCUT2D eigenvalue weighted by Gasteiger charge is -2.47. The Bertz CT molecular complexity index is 2140. The zero-order valence-corrected chi connectivity index (χ0v) is 35.0. The molecule has 2 unspecified atom stereocenters. The molecule has 1 amide bonds. The SMILES string of the molecule is CC(COc1ccc2c(c1)C1(CCC(Nc3cccc(Cl)c3)(C(=O)O)CC1)C(C[C@@H](C)COc1ccnc3c1[C@H](C)CCC3)C2)CC(=O)N[C@@H](C(=O)O)c1ccccc1. The van der Waals surface area contributed by atoms with Crippen molar-refractivity contribution in [3.63, 3.8) is 0 Å². The number of benzene rings is 3. The Labute approximate surface area is 352 Å². The van der Waals surface area contributed by atoms with Gasteiger partial charge in [0.1, 0.15) is 17.0 Å². The van der Waals surface area contributed by atoms with Gasteiger partial charge in [-0.1, -0.05) is 74.8 Å². The van der Waals surface area contributed by atoms with Gasteiger partial charge in [0.2, 0.25) is 5.91 Å². The van der Waals surface area contributed by atoms with Crippen LogP contribution in [0.3, 0.4) is 0 Å². The predicted molar refractivity (Wildman–Crippen MR) is 228 cm³/mol. The maximum Gasteiger partial charge on any atom is 0.330 e. The van der Waals surface area contributed by atoms with E-state index in [0.717, 1.165) is 43.5 Å². The number of fused-ring (bicyclic) bond motifs is 3. The molecule has 0 saturated heterocycles. The number of carboxylic acids is 2. The summed E-state index contributed by atoms with van der Waals surface area (Å²) in [6.45, 7) is 7.27. The van der Waals surface area contributed by atoms with Gasteiger partial charge in [0, 0.05) is 34.6 Å². The largest absolute Gasteiger partial charge is 0.493 e. The van der Waals surface area contributed by atoms with Gasteiger partial charge in [0.25, 0.3) is 0 Å². The number of aromatic nitrogens is 1. The lowest BCUT2D eigenvalue weighted by molar-refractivity contribution is -0.144. The van der Waals surface area contributed by atoms with Crippen LogP contribution in [-0.4, -0.2) is 51.8 Å². The Morgan fingerprint density at radius 2 is 1.68 bits per heavy atom. The number of halogens is 1. The fraction of sp³-hybridized carbons (Fsp3) is 0.458. The number of carbonyl (C=O) groups is 3. The molecule has 4 N–H and O–H groups in total. The van der Waals surface area contributed by atoms with E-state index in [2.05, 4.69) is 41.6 Å². The first-order valence-corrected chi connectivity index (χ1v) is 21.4. The Morgan fingerprint density at radius 1 is 0.915 bits per heavy atom. The Kier molecular flexibility index (Phi) is 12.9. The molecule has 7 rings (SSSR count). The predicted octanol–water partition coefficient (Wildman–Crippen LogP) is 9.55.